The third-order valence-corrected chi connectivity index (χ3v) is 22.9. The smallest absolute Gasteiger partial charge is 0.274 e. The maximum absolute atomic E-state index is 13.1. The Morgan fingerprint density at radius 2 is 0.780 bits per heavy atom. The van der Waals surface area contributed by atoms with Crippen molar-refractivity contribution in [2.24, 2.45) is 5.92 Å². The second-order valence-electron chi connectivity index (χ2n) is 31.8. The molecule has 0 saturated heterocycles. The Kier molecular flexibility index (Phi) is 30.8. The molecule has 16 rings (SSSR count). The summed E-state index contributed by atoms with van der Waals surface area (Å²) >= 11 is 0. The lowest BCUT2D eigenvalue weighted by Gasteiger charge is -2.32. The van der Waals surface area contributed by atoms with Crippen LogP contribution in [-0.2, 0) is 96.8 Å². The lowest BCUT2D eigenvalue weighted by atomic mass is 9.95. The topological polar surface area (TPSA) is 426 Å². The predicted octanol–water partition coefficient (Wildman–Crippen LogP) is 10.0. The van der Waals surface area contributed by atoms with Gasteiger partial charge in [0.25, 0.3) is 41.4 Å². The summed E-state index contributed by atoms with van der Waals surface area (Å²) in [6, 6.07) is 56.6. The van der Waals surface area contributed by atoms with Crippen LogP contribution < -0.4 is 32.7 Å². The summed E-state index contributed by atoms with van der Waals surface area (Å²) in [5.41, 5.74) is 27.0. The molecular weight excluding hydrogens is 1620 g/mol. The number of hydrogen-bond acceptors (Lipinski definition) is 19. The number of nitrogens with zero attached hydrogens (tertiary/aromatic N) is 9. The van der Waals surface area contributed by atoms with E-state index in [4.69, 9.17) is 30.6 Å². The molecule has 0 spiro atoms. The first kappa shape index (κ1) is 91.6. The van der Waals surface area contributed by atoms with E-state index in [0.717, 1.165) is 89.5 Å². The number of para-hydroxylation sites is 1. The summed E-state index contributed by atoms with van der Waals surface area (Å²) in [5, 5.41) is 54.7. The number of carbonyl (C=O) groups excluding carboxylic acids is 11. The molecule has 8 heterocycles. The average molecular weight is 1720 g/mol. The molecule has 0 unspecified atom stereocenters. The number of hydroxylamine groups is 5. The van der Waals surface area contributed by atoms with Gasteiger partial charge in [-0.25, -0.2) is 32.1 Å². The van der Waals surface area contributed by atoms with Gasteiger partial charge in [-0.05, 0) is 236 Å². The van der Waals surface area contributed by atoms with E-state index in [-0.39, 0.29) is 47.8 Å². The quantitative estimate of drug-likeness (QED) is 0.0298. The standard InChI is InChI=1S/C21H20N4O3.C21H19N3O3.C18H25N3O4.C18H18N2O3.C17H19N3O4/c1-14-19(12-22-25(14)18-5-3-2-4-6-18)21(27)24-10-9-15-11-16(20(26)23-28)7-8-17(15)13-24;25-20(22-27)17-3-4-18-14-24(12-9-16(18)13-17)21(26)15-5-7-19(8-6-15)23-10-1-2-11-23;1-11(2)8-16(19-12(3)22)18(24)21-7-6-13-9-14(17(23)20-25)4-5-15(13)10-21;21-17(10-13-4-2-1-3-5-13)20-9-8-14-11-15(18(22)19-23)6-7-16(14)12-20;1-10-15(11(2)24-19-10)8-16(21)20-6-5-12-7-13(17(22)18-23)3-4-14(12)9-20/h2-8,11-12,28H,9-10,13H2,1H3,(H,23,26);1-8,10-11,13,27H,9,12,14H2,(H,22,25);4-5,9,11,16,25H,6-8,10H2,1-3H3,(H,19,22)(H,20,23);1-7,11,23H,8-10,12H2,(H,19,22);3-4,7,23H,5-6,8-9H2,1-2H3,(H,18,22)/t;;16-;;/m..1../s1. The molecule has 127 heavy (non-hydrogen) atoms. The number of benzene rings is 8. The first-order chi connectivity index (χ1) is 61.2. The van der Waals surface area contributed by atoms with Gasteiger partial charge in [-0.1, -0.05) is 97.9 Å². The fraction of sp³-hybridized carbons (Fsp3) is 0.274. The van der Waals surface area contributed by atoms with Crippen LogP contribution in [0, 0.1) is 26.7 Å². The zero-order valence-corrected chi connectivity index (χ0v) is 71.2. The lowest BCUT2D eigenvalue weighted by Crippen LogP contribution is -2.49. The highest BCUT2D eigenvalue weighted by atomic mass is 16.5. The van der Waals surface area contributed by atoms with E-state index in [1.807, 2.05) is 183 Å². The minimum absolute atomic E-state index is 0.00289. The SMILES string of the molecule is CC(=O)N[C@H](CC(C)C)C(=O)N1CCc2cc(C(=O)NO)ccc2C1.Cc1c(C(=O)N2CCc3cc(C(=O)NO)ccc3C2)cnn1-c1ccccc1.Cc1noc(C)c1CC(=O)N1CCc2cc(C(=O)NO)ccc2C1.O=C(NO)c1ccc2c(c1)CCN(C(=O)Cc1ccccc1)C2.O=C(NO)c1ccc2c(c1)CCN(C(=O)c1ccc(-n3cccc3)cc1)C2. The molecule has 0 aliphatic carbocycles. The molecular formula is C95H101N15O17. The molecule has 0 fully saturated rings. The Balaban J connectivity index is 0.000000144. The summed E-state index contributed by atoms with van der Waals surface area (Å²) in [6.45, 7) is 16.4. The number of rotatable bonds is 17. The largest absolute Gasteiger partial charge is 0.361 e. The Morgan fingerprint density at radius 3 is 1.17 bits per heavy atom. The minimum atomic E-state index is -0.552. The molecule has 11 amide bonds. The van der Waals surface area contributed by atoms with E-state index < -0.39 is 35.6 Å². The van der Waals surface area contributed by atoms with Crippen LogP contribution in [0.25, 0.3) is 11.4 Å². The van der Waals surface area contributed by atoms with Crippen LogP contribution in [0.1, 0.15) is 184 Å². The first-order valence-electron chi connectivity index (χ1n) is 41.5. The molecule has 5 aliphatic rings. The van der Waals surface area contributed by atoms with Crippen LogP contribution >= 0.6 is 0 Å². The molecule has 0 saturated carbocycles. The molecule has 11 aromatic rings. The summed E-state index contributed by atoms with van der Waals surface area (Å²) in [7, 11) is 0. The second-order valence-corrected chi connectivity index (χ2v) is 31.8. The molecule has 11 N–H and O–H groups in total. The Bertz CT molecular complexity index is 5840. The highest BCUT2D eigenvalue weighted by Gasteiger charge is 2.32. The number of nitrogens with one attached hydrogen (secondary N) is 6. The van der Waals surface area contributed by atoms with E-state index >= 15 is 0 Å². The van der Waals surface area contributed by atoms with Gasteiger partial charge in [0.1, 0.15) is 11.8 Å². The molecule has 0 radical (unpaired) electrons. The van der Waals surface area contributed by atoms with Crippen molar-refractivity contribution in [1.29, 1.82) is 0 Å². The van der Waals surface area contributed by atoms with Gasteiger partial charge in [0.2, 0.25) is 23.6 Å². The zero-order chi connectivity index (χ0) is 90.5. The van der Waals surface area contributed by atoms with Gasteiger partial charge in [0.15, 0.2) is 0 Å². The molecule has 658 valence electrons. The third kappa shape index (κ3) is 23.1. The number of carbonyl (C=O) groups is 11. The van der Waals surface area contributed by atoms with Crippen LogP contribution in [0.3, 0.4) is 0 Å². The van der Waals surface area contributed by atoms with Gasteiger partial charge < -0.3 is 38.9 Å². The van der Waals surface area contributed by atoms with E-state index in [2.05, 4.69) is 15.6 Å². The van der Waals surface area contributed by atoms with Gasteiger partial charge in [-0.3, -0.25) is 78.8 Å². The normalized spacial score (nSPS) is 13.6. The Morgan fingerprint density at radius 1 is 0.409 bits per heavy atom. The first-order valence-corrected chi connectivity index (χ1v) is 41.5. The van der Waals surface area contributed by atoms with E-state index in [9.17, 15) is 52.7 Å². The monoisotopic (exact) mass is 1720 g/mol. The maximum Gasteiger partial charge on any atom is 0.274 e. The van der Waals surface area contributed by atoms with Gasteiger partial charge in [0.05, 0.1) is 41.7 Å². The van der Waals surface area contributed by atoms with Gasteiger partial charge >= 0.3 is 0 Å². The third-order valence-electron chi connectivity index (χ3n) is 22.9. The number of aromatic nitrogens is 4. The summed E-state index contributed by atoms with van der Waals surface area (Å²) in [6.07, 6.45) is 10.2. The summed E-state index contributed by atoms with van der Waals surface area (Å²) < 4.78 is 8.87. The van der Waals surface area contributed by atoms with Crippen molar-refractivity contribution in [2.75, 3.05) is 32.7 Å². The molecule has 5 aliphatic heterocycles. The summed E-state index contributed by atoms with van der Waals surface area (Å²) in [5.74, 6) is -1.90. The van der Waals surface area contributed by atoms with Gasteiger partial charge in [-0.2, -0.15) is 5.10 Å². The lowest BCUT2D eigenvalue weighted by molar-refractivity contribution is -0.137. The molecule has 32 heteroatoms. The molecule has 0 bridgehead atoms. The number of amides is 11. The van der Waals surface area contributed by atoms with Gasteiger partial charge in [-0.15, -0.1) is 0 Å². The second kappa shape index (κ2) is 42.7. The van der Waals surface area contributed by atoms with E-state index in [0.29, 0.717) is 155 Å². The molecule has 8 aromatic carbocycles. The summed E-state index contributed by atoms with van der Waals surface area (Å²) in [4.78, 5) is 142. The van der Waals surface area contributed by atoms with Crippen LogP contribution in [-0.4, -0.2) is 174 Å². The van der Waals surface area contributed by atoms with Crippen molar-refractivity contribution >= 4 is 65.0 Å². The predicted molar refractivity (Wildman–Crippen MR) is 464 cm³/mol. The van der Waals surface area contributed by atoms with Crippen LogP contribution in [0.4, 0.5) is 0 Å². The fourth-order valence-corrected chi connectivity index (χ4v) is 15.9. The van der Waals surface area contributed by atoms with E-state index in [1.165, 1.54) is 6.92 Å². The fourth-order valence-electron chi connectivity index (χ4n) is 15.9. The molecule has 1 atom stereocenters. The van der Waals surface area contributed by atoms with Crippen molar-refractivity contribution in [3.05, 3.63) is 330 Å². The minimum Gasteiger partial charge on any atom is -0.361 e. The average Bonchev–Trinajstić information content (AvgIpc) is 1.77. The van der Waals surface area contributed by atoms with E-state index in [1.54, 1.807) is 120 Å². The van der Waals surface area contributed by atoms with Crippen molar-refractivity contribution < 1.29 is 83.3 Å². The van der Waals surface area contributed by atoms with Crippen molar-refractivity contribution in [2.45, 2.75) is 132 Å². The van der Waals surface area contributed by atoms with Gasteiger partial charge in [0, 0.05) is 129 Å². The van der Waals surface area contributed by atoms with Crippen molar-refractivity contribution in [1.82, 2.24) is 76.7 Å². The van der Waals surface area contributed by atoms with Crippen LogP contribution in [0.2, 0.25) is 0 Å². The molecule has 32 nitrogen and oxygen atoms in total. The number of fused-ring (bicyclic) bond motifs is 5. The molecule has 3 aromatic heterocycles. The highest BCUT2D eigenvalue weighted by molar-refractivity contribution is 5.98. The number of aryl methyl sites for hydroxylation is 2. The van der Waals surface area contributed by atoms with Crippen molar-refractivity contribution in [3.8, 4) is 11.4 Å². The van der Waals surface area contributed by atoms with Crippen LogP contribution in [0.5, 0.6) is 0 Å². The zero-order valence-electron chi connectivity index (χ0n) is 71.2. The highest BCUT2D eigenvalue weighted by Crippen LogP contribution is 2.30. The van der Waals surface area contributed by atoms with Crippen LogP contribution in [0.15, 0.2) is 211 Å². The Labute approximate surface area is 732 Å². The number of hydrogen-bond donors (Lipinski definition) is 11. The Hall–Kier alpha value is -14.6. The maximum atomic E-state index is 13.1. The van der Waals surface area contributed by atoms with Crippen molar-refractivity contribution in [3.63, 3.8) is 0 Å².